The molecule has 2 aromatic rings. The lowest BCUT2D eigenvalue weighted by Gasteiger charge is -2.00. The number of fused-ring (bicyclic) bond motifs is 1. The molecule has 2 aromatic heterocycles. The molecule has 1 unspecified atom stereocenters. The highest BCUT2D eigenvalue weighted by atomic mass is 79.9. The Morgan fingerprint density at radius 2 is 2.41 bits per heavy atom. The van der Waals surface area contributed by atoms with E-state index in [1.54, 1.807) is 13.3 Å². The predicted octanol–water partition coefficient (Wildman–Crippen LogP) is 2.14. The van der Waals surface area contributed by atoms with Gasteiger partial charge in [0, 0.05) is 13.7 Å². The molecule has 3 rings (SSSR count). The Kier molecular flexibility index (Phi) is 4.47. The van der Waals surface area contributed by atoms with Crippen molar-refractivity contribution in [2.24, 2.45) is 0 Å². The van der Waals surface area contributed by atoms with Gasteiger partial charge in [0.05, 0.1) is 24.4 Å². The van der Waals surface area contributed by atoms with Crippen LogP contribution in [0.15, 0.2) is 22.9 Å². The largest absolute Gasteiger partial charge is 0.379 e. The van der Waals surface area contributed by atoms with Gasteiger partial charge in [0.2, 0.25) is 0 Å². The Balaban J connectivity index is 0.000000136. The molecule has 0 saturated carbocycles. The van der Waals surface area contributed by atoms with E-state index in [4.69, 9.17) is 9.47 Å². The molecule has 0 amide bonds. The van der Waals surface area contributed by atoms with E-state index in [0.29, 0.717) is 6.10 Å². The molecule has 1 fully saturated rings. The van der Waals surface area contributed by atoms with Crippen molar-refractivity contribution in [2.75, 3.05) is 20.3 Å². The number of halogens is 1. The molecular formula is C11H14BrN3O2. The van der Waals surface area contributed by atoms with Crippen LogP contribution in [0.25, 0.3) is 11.0 Å². The van der Waals surface area contributed by atoms with E-state index in [0.717, 1.165) is 35.3 Å². The summed E-state index contributed by atoms with van der Waals surface area (Å²) in [6, 6.07) is 3.81. The van der Waals surface area contributed by atoms with Crippen LogP contribution in [0.1, 0.15) is 6.42 Å². The summed E-state index contributed by atoms with van der Waals surface area (Å²) >= 11 is 3.26. The number of aromatic nitrogens is 3. The summed E-state index contributed by atoms with van der Waals surface area (Å²) in [4.78, 5) is 4.16. The van der Waals surface area contributed by atoms with Crippen LogP contribution in [-0.2, 0) is 9.47 Å². The highest BCUT2D eigenvalue weighted by Crippen LogP contribution is 2.11. The van der Waals surface area contributed by atoms with Crippen LogP contribution in [0.2, 0.25) is 0 Å². The summed E-state index contributed by atoms with van der Waals surface area (Å²) < 4.78 is 10.8. The van der Waals surface area contributed by atoms with E-state index >= 15 is 0 Å². The first kappa shape index (κ1) is 12.5. The number of hydrogen-bond acceptors (Lipinski definition) is 4. The minimum absolute atomic E-state index is 0.375. The number of pyridine rings is 1. The van der Waals surface area contributed by atoms with Crippen LogP contribution < -0.4 is 0 Å². The number of nitrogens with zero attached hydrogens (tertiary/aromatic N) is 2. The van der Waals surface area contributed by atoms with E-state index in [1.165, 1.54) is 0 Å². The van der Waals surface area contributed by atoms with Gasteiger partial charge in [-0.05, 0) is 34.5 Å². The Labute approximate surface area is 108 Å². The summed E-state index contributed by atoms with van der Waals surface area (Å²) in [5.74, 6) is 0. The lowest BCUT2D eigenvalue weighted by molar-refractivity contribution is 0.0822. The molecule has 6 heteroatoms. The van der Waals surface area contributed by atoms with Crippen molar-refractivity contribution in [3.8, 4) is 0 Å². The normalized spacial score (nSPS) is 19.1. The Hall–Kier alpha value is -0.980. The monoisotopic (exact) mass is 299 g/mol. The lowest BCUT2D eigenvalue weighted by atomic mass is 10.3. The smallest absolute Gasteiger partial charge is 0.109 e. The third-order valence-corrected chi connectivity index (χ3v) is 2.93. The molecule has 17 heavy (non-hydrogen) atoms. The highest BCUT2D eigenvalue weighted by Gasteiger charge is 2.12. The maximum atomic E-state index is 5.02. The Bertz CT molecular complexity index is 468. The predicted molar refractivity (Wildman–Crippen MR) is 67.8 cm³/mol. The van der Waals surface area contributed by atoms with Crippen LogP contribution in [0.5, 0.6) is 0 Å². The van der Waals surface area contributed by atoms with Gasteiger partial charge in [-0.1, -0.05) is 0 Å². The topological polar surface area (TPSA) is 60.0 Å². The standard InChI is InChI=1S/C6H4BrN3.C5H10O2/c7-6-2-1-4-5(9-6)3-8-10-4;1-6-5-2-3-7-4-5/h1-3H,(H,8,10);5H,2-4H2,1H3. The number of hydrogen-bond donors (Lipinski definition) is 1. The summed E-state index contributed by atoms with van der Waals surface area (Å²) in [5.41, 5.74) is 1.84. The van der Waals surface area contributed by atoms with Crippen LogP contribution >= 0.6 is 15.9 Å². The molecule has 1 aliphatic rings. The Morgan fingerprint density at radius 1 is 1.53 bits per heavy atom. The molecule has 0 radical (unpaired) electrons. The van der Waals surface area contributed by atoms with E-state index < -0.39 is 0 Å². The van der Waals surface area contributed by atoms with Gasteiger partial charge >= 0.3 is 0 Å². The molecule has 3 heterocycles. The van der Waals surface area contributed by atoms with Crippen molar-refractivity contribution >= 4 is 27.0 Å². The van der Waals surface area contributed by atoms with Crippen LogP contribution in [-0.4, -0.2) is 41.6 Å². The fourth-order valence-electron chi connectivity index (χ4n) is 1.50. The Morgan fingerprint density at radius 3 is 3.06 bits per heavy atom. The zero-order valence-electron chi connectivity index (χ0n) is 9.52. The molecular weight excluding hydrogens is 286 g/mol. The van der Waals surface area contributed by atoms with Crippen molar-refractivity contribution < 1.29 is 9.47 Å². The quantitative estimate of drug-likeness (QED) is 0.820. The van der Waals surface area contributed by atoms with Crippen molar-refractivity contribution in [1.29, 1.82) is 0 Å². The van der Waals surface area contributed by atoms with Gasteiger partial charge in [0.15, 0.2) is 0 Å². The van der Waals surface area contributed by atoms with Gasteiger partial charge in [-0.25, -0.2) is 4.98 Å². The number of rotatable bonds is 1. The maximum absolute atomic E-state index is 5.02. The molecule has 0 spiro atoms. The minimum Gasteiger partial charge on any atom is -0.379 e. The number of aromatic amines is 1. The molecule has 1 aliphatic heterocycles. The fraction of sp³-hybridized carbons (Fsp3) is 0.455. The van der Waals surface area contributed by atoms with E-state index in [1.807, 2.05) is 12.1 Å². The molecule has 1 saturated heterocycles. The maximum Gasteiger partial charge on any atom is 0.109 e. The zero-order valence-corrected chi connectivity index (χ0v) is 11.1. The summed E-state index contributed by atoms with van der Waals surface area (Å²) in [6.07, 6.45) is 3.14. The van der Waals surface area contributed by atoms with Crippen LogP contribution in [0, 0.1) is 0 Å². The molecule has 1 atom stereocenters. The summed E-state index contributed by atoms with van der Waals surface area (Å²) in [7, 11) is 1.72. The van der Waals surface area contributed by atoms with Gasteiger partial charge in [0.25, 0.3) is 0 Å². The summed E-state index contributed by atoms with van der Waals surface area (Å²) in [5, 5.41) is 6.65. The van der Waals surface area contributed by atoms with E-state index in [9.17, 15) is 0 Å². The van der Waals surface area contributed by atoms with E-state index in [-0.39, 0.29) is 0 Å². The second-order valence-corrected chi connectivity index (χ2v) is 4.47. The SMILES string of the molecule is Brc1ccc2[nH]ncc2n1.COC1CCOC1. The van der Waals surface area contributed by atoms with Gasteiger partial charge in [-0.2, -0.15) is 5.10 Å². The average molecular weight is 300 g/mol. The zero-order chi connectivity index (χ0) is 12.1. The van der Waals surface area contributed by atoms with E-state index in [2.05, 4.69) is 31.1 Å². The minimum atomic E-state index is 0.375. The van der Waals surface area contributed by atoms with Crippen molar-refractivity contribution in [2.45, 2.75) is 12.5 Å². The lowest BCUT2D eigenvalue weighted by Crippen LogP contribution is -2.07. The number of methoxy groups -OCH3 is 1. The molecule has 1 N–H and O–H groups in total. The number of ether oxygens (including phenoxy) is 2. The van der Waals surface area contributed by atoms with Gasteiger partial charge in [0.1, 0.15) is 10.1 Å². The van der Waals surface area contributed by atoms with Gasteiger partial charge in [-0.15, -0.1) is 0 Å². The molecule has 92 valence electrons. The molecule has 5 nitrogen and oxygen atoms in total. The van der Waals surface area contributed by atoms with Gasteiger partial charge < -0.3 is 9.47 Å². The first-order valence-corrected chi connectivity index (χ1v) is 6.15. The van der Waals surface area contributed by atoms with Crippen molar-refractivity contribution in [1.82, 2.24) is 15.2 Å². The second-order valence-electron chi connectivity index (χ2n) is 3.66. The van der Waals surface area contributed by atoms with Crippen molar-refractivity contribution in [3.63, 3.8) is 0 Å². The molecule has 0 aliphatic carbocycles. The second kappa shape index (κ2) is 6.09. The molecule has 0 bridgehead atoms. The summed E-state index contributed by atoms with van der Waals surface area (Å²) in [6.45, 7) is 1.66. The first-order chi connectivity index (χ1) is 8.29. The van der Waals surface area contributed by atoms with Crippen LogP contribution in [0.3, 0.4) is 0 Å². The third-order valence-electron chi connectivity index (χ3n) is 2.48. The fourth-order valence-corrected chi connectivity index (χ4v) is 1.83. The molecule has 0 aromatic carbocycles. The van der Waals surface area contributed by atoms with Crippen LogP contribution in [0.4, 0.5) is 0 Å². The number of nitrogens with one attached hydrogen (secondary N) is 1. The first-order valence-electron chi connectivity index (χ1n) is 5.36. The van der Waals surface area contributed by atoms with Gasteiger partial charge in [-0.3, -0.25) is 5.10 Å². The third kappa shape index (κ3) is 3.49. The average Bonchev–Trinajstić information content (AvgIpc) is 2.99. The number of H-pyrrole nitrogens is 1. The highest BCUT2D eigenvalue weighted by molar-refractivity contribution is 9.10. The van der Waals surface area contributed by atoms with Crippen molar-refractivity contribution in [3.05, 3.63) is 22.9 Å².